The molecule has 36 heavy (non-hydrogen) atoms. The zero-order valence-corrected chi connectivity index (χ0v) is 20.0. The molecule has 1 aromatic rings. The van der Waals surface area contributed by atoms with E-state index < -0.39 is 75.6 Å². The molecule has 3 aliphatic carbocycles. The molecule has 0 bridgehead atoms. The van der Waals surface area contributed by atoms with Gasteiger partial charge in [-0.25, -0.2) is 0 Å². The van der Waals surface area contributed by atoms with Gasteiger partial charge in [-0.15, -0.1) is 6.58 Å². The SMILES string of the molecule is C=CCNc1ccc2c(c1O)C(O)=C1C(=O)[C@]3(O)C(O)=C(C(N)=O)C(=O)[C@@H](N(C)C)[C@H]3[C@@H](O)[C@@H]1[C@H]2C. The van der Waals surface area contributed by atoms with E-state index in [2.05, 4.69) is 11.9 Å². The lowest BCUT2D eigenvalue weighted by molar-refractivity contribution is -0.169. The highest BCUT2D eigenvalue weighted by molar-refractivity contribution is 6.24. The first-order valence-electron chi connectivity index (χ1n) is 11.4. The van der Waals surface area contributed by atoms with Gasteiger partial charge in [0.2, 0.25) is 5.78 Å². The van der Waals surface area contributed by atoms with Crippen LogP contribution in [0.1, 0.15) is 24.0 Å². The summed E-state index contributed by atoms with van der Waals surface area (Å²) in [6, 6.07) is 1.83. The number of aliphatic hydroxyl groups is 4. The van der Waals surface area contributed by atoms with Crippen LogP contribution in [-0.2, 0) is 14.4 Å². The fraction of sp³-hybridized carbons (Fsp3) is 0.400. The van der Waals surface area contributed by atoms with Crippen molar-refractivity contribution in [3.8, 4) is 5.75 Å². The standard InChI is InChI=1S/C25H29N3O8/c1-5-8-27-11-7-6-10-9(2)12-14(19(30)13(10)18(11)29)22(33)25(36)16(20(12)31)17(28(3)4)21(32)15(23(25)34)24(26)35/h5-7,9,12,16-17,20,27,29-31,34,36H,1,8H2,2-4H3,(H2,26,35)/t9-,12+,16-,17-,20-,25-/m0/s1. The fourth-order valence-corrected chi connectivity index (χ4v) is 5.94. The number of aliphatic hydroxyl groups excluding tert-OH is 3. The molecule has 0 spiro atoms. The summed E-state index contributed by atoms with van der Waals surface area (Å²) in [5.74, 6) is -9.13. The predicted octanol–water partition coefficient (Wildman–Crippen LogP) is 0.0937. The topological polar surface area (TPSA) is 194 Å². The molecular formula is C25H29N3O8. The second-order valence-electron chi connectivity index (χ2n) is 9.64. The van der Waals surface area contributed by atoms with Gasteiger partial charge in [-0.2, -0.15) is 0 Å². The number of anilines is 1. The Bertz CT molecular complexity index is 1270. The van der Waals surface area contributed by atoms with Crippen molar-refractivity contribution in [2.24, 2.45) is 17.6 Å². The number of phenolic OH excluding ortho intramolecular Hbond substituents is 1. The van der Waals surface area contributed by atoms with Gasteiger partial charge < -0.3 is 36.6 Å². The van der Waals surface area contributed by atoms with Gasteiger partial charge in [-0.05, 0) is 31.6 Å². The molecule has 1 amide bonds. The second kappa shape index (κ2) is 8.47. The first kappa shape index (κ1) is 25.4. The number of nitrogens with zero attached hydrogens (tertiary/aromatic N) is 1. The summed E-state index contributed by atoms with van der Waals surface area (Å²) in [6.07, 6.45) is -0.0644. The number of amides is 1. The van der Waals surface area contributed by atoms with Gasteiger partial charge in [0.25, 0.3) is 5.91 Å². The smallest absolute Gasteiger partial charge is 0.255 e. The predicted molar refractivity (Wildman–Crippen MR) is 129 cm³/mol. The molecule has 1 aromatic carbocycles. The van der Waals surface area contributed by atoms with Crippen molar-refractivity contribution >= 4 is 28.9 Å². The average Bonchev–Trinajstić information content (AvgIpc) is 2.80. The van der Waals surface area contributed by atoms with Gasteiger partial charge in [0.05, 0.1) is 29.3 Å². The Morgan fingerprint density at radius 1 is 1.25 bits per heavy atom. The van der Waals surface area contributed by atoms with Crippen molar-refractivity contribution in [2.75, 3.05) is 26.0 Å². The Labute approximate surface area is 206 Å². The zero-order chi connectivity index (χ0) is 26.9. The molecule has 0 heterocycles. The van der Waals surface area contributed by atoms with Crippen LogP contribution >= 0.6 is 0 Å². The number of nitrogens with two attached hydrogens (primary N) is 1. The summed E-state index contributed by atoms with van der Waals surface area (Å²) in [4.78, 5) is 40.4. The molecule has 1 fully saturated rings. The maximum atomic E-state index is 13.9. The summed E-state index contributed by atoms with van der Waals surface area (Å²) in [6.45, 7) is 5.57. The number of Topliss-reactive ketones (excluding diaryl/α,β-unsaturated/α-hetero) is 2. The number of nitrogens with one attached hydrogen (secondary N) is 1. The highest BCUT2D eigenvalue weighted by Crippen LogP contribution is 2.56. The largest absolute Gasteiger partial charge is 0.508 e. The highest BCUT2D eigenvalue weighted by Gasteiger charge is 2.68. The molecule has 4 rings (SSSR count). The van der Waals surface area contributed by atoms with Crippen molar-refractivity contribution < 1.29 is 39.9 Å². The maximum absolute atomic E-state index is 13.9. The van der Waals surface area contributed by atoms with E-state index in [9.17, 15) is 39.9 Å². The second-order valence-corrected chi connectivity index (χ2v) is 9.64. The molecule has 1 saturated carbocycles. The number of carbonyl (C=O) groups excluding carboxylic acids is 3. The van der Waals surface area contributed by atoms with Gasteiger partial charge in [0, 0.05) is 18.0 Å². The third kappa shape index (κ3) is 3.13. The number of phenols is 1. The minimum atomic E-state index is -2.93. The molecule has 8 N–H and O–H groups in total. The number of primary amides is 1. The van der Waals surface area contributed by atoms with Crippen molar-refractivity contribution in [3.05, 3.63) is 52.8 Å². The van der Waals surface area contributed by atoms with Crippen LogP contribution in [0.15, 0.2) is 41.7 Å². The number of carbonyl (C=O) groups is 3. The average molecular weight is 500 g/mol. The molecule has 11 heteroatoms. The normalized spacial score (nSPS) is 31.7. The highest BCUT2D eigenvalue weighted by atomic mass is 16.4. The van der Waals surface area contributed by atoms with Crippen LogP contribution in [0.4, 0.5) is 5.69 Å². The summed E-state index contributed by atoms with van der Waals surface area (Å²) >= 11 is 0. The third-order valence-corrected chi connectivity index (χ3v) is 7.57. The van der Waals surface area contributed by atoms with Crippen LogP contribution in [0, 0.1) is 11.8 Å². The van der Waals surface area contributed by atoms with Gasteiger partial charge in [0.15, 0.2) is 11.4 Å². The van der Waals surface area contributed by atoms with Crippen LogP contribution in [0.3, 0.4) is 0 Å². The Morgan fingerprint density at radius 3 is 2.44 bits per heavy atom. The Morgan fingerprint density at radius 2 is 1.89 bits per heavy atom. The number of ketones is 2. The Hall–Kier alpha value is -3.67. The summed E-state index contributed by atoms with van der Waals surface area (Å²) < 4.78 is 0. The van der Waals surface area contributed by atoms with E-state index in [-0.39, 0.29) is 17.0 Å². The number of hydrogen-bond acceptors (Lipinski definition) is 10. The minimum Gasteiger partial charge on any atom is -0.508 e. The molecule has 3 aliphatic rings. The van der Waals surface area contributed by atoms with Crippen LogP contribution in [0.5, 0.6) is 5.75 Å². The number of fused-ring (bicyclic) bond motifs is 3. The molecule has 0 aliphatic heterocycles. The third-order valence-electron chi connectivity index (χ3n) is 7.57. The number of benzene rings is 1. The molecule has 0 saturated heterocycles. The van der Waals surface area contributed by atoms with Crippen molar-refractivity contribution in [3.63, 3.8) is 0 Å². The number of likely N-dealkylation sites (N-methyl/N-ethyl adjacent to an activating group) is 1. The molecule has 0 radical (unpaired) electrons. The van der Waals surface area contributed by atoms with E-state index in [1.54, 1.807) is 25.1 Å². The molecule has 0 unspecified atom stereocenters. The first-order chi connectivity index (χ1) is 16.8. The van der Waals surface area contributed by atoms with Crippen LogP contribution in [-0.4, -0.2) is 86.3 Å². The van der Waals surface area contributed by atoms with E-state index in [0.29, 0.717) is 12.1 Å². The number of aromatic hydroxyl groups is 1. The quantitative estimate of drug-likeness (QED) is 0.166. The lowest BCUT2D eigenvalue weighted by atomic mass is 9.54. The summed E-state index contributed by atoms with van der Waals surface area (Å²) in [5.41, 5.74) is 1.60. The summed E-state index contributed by atoms with van der Waals surface area (Å²) in [5, 5.41) is 59.1. The Balaban J connectivity index is 2.02. The molecule has 6 atom stereocenters. The first-order valence-corrected chi connectivity index (χ1v) is 11.4. The molecular weight excluding hydrogens is 470 g/mol. The lowest BCUT2D eigenvalue weighted by Crippen LogP contribution is -2.70. The monoisotopic (exact) mass is 499 g/mol. The molecule has 192 valence electrons. The van der Waals surface area contributed by atoms with E-state index in [1.807, 2.05) is 0 Å². The fourth-order valence-electron chi connectivity index (χ4n) is 5.94. The molecule has 11 nitrogen and oxygen atoms in total. The zero-order valence-electron chi connectivity index (χ0n) is 20.0. The minimum absolute atomic E-state index is 0.0694. The van der Waals surface area contributed by atoms with Gasteiger partial charge >= 0.3 is 0 Å². The van der Waals surface area contributed by atoms with Gasteiger partial charge in [-0.1, -0.05) is 19.1 Å². The lowest BCUT2D eigenvalue weighted by Gasteiger charge is -2.53. The van der Waals surface area contributed by atoms with Gasteiger partial charge in [-0.3, -0.25) is 19.3 Å². The molecule has 0 aromatic heterocycles. The van der Waals surface area contributed by atoms with Gasteiger partial charge in [0.1, 0.15) is 22.8 Å². The number of hydrogen-bond donors (Lipinski definition) is 7. The van der Waals surface area contributed by atoms with Crippen molar-refractivity contribution in [1.82, 2.24) is 4.90 Å². The van der Waals surface area contributed by atoms with E-state index in [1.165, 1.54) is 19.0 Å². The van der Waals surface area contributed by atoms with Crippen molar-refractivity contribution in [1.29, 1.82) is 0 Å². The van der Waals surface area contributed by atoms with E-state index in [0.717, 1.165) is 0 Å². The van der Waals surface area contributed by atoms with E-state index >= 15 is 0 Å². The van der Waals surface area contributed by atoms with Crippen LogP contribution < -0.4 is 11.1 Å². The summed E-state index contributed by atoms with van der Waals surface area (Å²) in [7, 11) is 2.92. The van der Waals surface area contributed by atoms with Crippen molar-refractivity contribution in [2.45, 2.75) is 30.6 Å². The number of rotatable bonds is 5. The van der Waals surface area contributed by atoms with E-state index in [4.69, 9.17) is 5.73 Å². The maximum Gasteiger partial charge on any atom is 0.255 e. The van der Waals surface area contributed by atoms with Crippen LogP contribution in [0.2, 0.25) is 0 Å². The Kier molecular flexibility index (Phi) is 5.98. The van der Waals surface area contributed by atoms with Crippen LogP contribution in [0.25, 0.3) is 5.76 Å².